The van der Waals surface area contributed by atoms with Crippen LogP contribution in [0.2, 0.25) is 0 Å². The number of hydrogen-bond acceptors (Lipinski definition) is 4. The number of aromatic nitrogens is 2. The maximum absolute atomic E-state index is 4.84. The highest BCUT2D eigenvalue weighted by Gasteiger charge is 2.14. The third-order valence-electron chi connectivity index (χ3n) is 2.61. The second kappa shape index (κ2) is 4.71. The van der Waals surface area contributed by atoms with E-state index >= 15 is 0 Å². The van der Waals surface area contributed by atoms with Gasteiger partial charge in [0.05, 0.1) is 0 Å². The van der Waals surface area contributed by atoms with Crippen LogP contribution >= 0.6 is 0 Å². The van der Waals surface area contributed by atoms with Crippen LogP contribution in [0.3, 0.4) is 0 Å². The predicted octanol–water partition coefficient (Wildman–Crippen LogP) is 3.54. The Morgan fingerprint density at radius 2 is 1.33 bits per heavy atom. The van der Waals surface area contributed by atoms with Gasteiger partial charge in [-0.3, -0.25) is 4.90 Å². The van der Waals surface area contributed by atoms with Crippen LogP contribution in [0.1, 0.15) is 0 Å². The Bertz CT molecular complexity index is 554. The summed E-state index contributed by atoms with van der Waals surface area (Å²) >= 11 is 0. The van der Waals surface area contributed by atoms with Gasteiger partial charge < -0.3 is 4.52 Å². The van der Waals surface area contributed by atoms with Crippen LogP contribution in [0.15, 0.2) is 71.4 Å². The van der Waals surface area contributed by atoms with Gasteiger partial charge in [0, 0.05) is 16.6 Å². The predicted molar refractivity (Wildman–Crippen MR) is 69.0 cm³/mol. The Morgan fingerprint density at radius 1 is 0.778 bits per heavy atom. The molecule has 0 bridgehead atoms. The van der Waals surface area contributed by atoms with E-state index in [1.54, 1.807) is 0 Å². The monoisotopic (exact) mass is 237 g/mol. The van der Waals surface area contributed by atoms with E-state index < -0.39 is 0 Å². The number of para-hydroxylation sites is 2. The van der Waals surface area contributed by atoms with Crippen molar-refractivity contribution in [2.24, 2.45) is 0 Å². The highest BCUT2D eigenvalue weighted by atomic mass is 16.5. The summed E-state index contributed by atoms with van der Waals surface area (Å²) in [5.74, 6) is 0.660. The average molecular weight is 237 g/mol. The molecule has 0 saturated heterocycles. The average Bonchev–Trinajstić information content (AvgIpc) is 2.95. The van der Waals surface area contributed by atoms with Gasteiger partial charge in [-0.2, -0.15) is 0 Å². The normalized spacial score (nSPS) is 10.2. The maximum atomic E-state index is 4.84. The summed E-state index contributed by atoms with van der Waals surface area (Å²) in [4.78, 5) is 1.98. The molecule has 0 aliphatic rings. The molecule has 0 aliphatic carbocycles. The Hall–Kier alpha value is -2.62. The van der Waals surface area contributed by atoms with Gasteiger partial charge in [-0.1, -0.05) is 41.5 Å². The Morgan fingerprint density at radius 3 is 1.78 bits per heavy atom. The van der Waals surface area contributed by atoms with Crippen LogP contribution in [-0.2, 0) is 0 Å². The molecular formula is C14H11N3O. The standard InChI is InChI=1S/C14H11N3O/c1-3-7-12(8-4-1)17(14-11-18-16-15-14)13-9-5-2-6-10-13/h1-11H. The lowest BCUT2D eigenvalue weighted by molar-refractivity contribution is 0.393. The van der Waals surface area contributed by atoms with Gasteiger partial charge in [0.2, 0.25) is 5.82 Å². The van der Waals surface area contributed by atoms with Gasteiger partial charge in [0.1, 0.15) is 0 Å². The molecule has 18 heavy (non-hydrogen) atoms. The highest BCUT2D eigenvalue weighted by Crippen LogP contribution is 2.31. The van der Waals surface area contributed by atoms with E-state index in [2.05, 4.69) is 10.4 Å². The van der Waals surface area contributed by atoms with Crippen LogP contribution in [0.5, 0.6) is 0 Å². The minimum absolute atomic E-state index is 0.660. The SMILES string of the molecule is c1ccc(N(c2ccccc2)c2conn2)cc1. The fourth-order valence-electron chi connectivity index (χ4n) is 1.82. The minimum atomic E-state index is 0.660. The first-order valence-electron chi connectivity index (χ1n) is 5.62. The van der Waals surface area contributed by atoms with Crippen LogP contribution in [0, 0.1) is 0 Å². The van der Waals surface area contributed by atoms with Gasteiger partial charge in [0.15, 0.2) is 6.26 Å². The molecule has 0 radical (unpaired) electrons. The van der Waals surface area contributed by atoms with Crippen molar-refractivity contribution < 1.29 is 4.52 Å². The summed E-state index contributed by atoms with van der Waals surface area (Å²) in [5.41, 5.74) is 2.03. The van der Waals surface area contributed by atoms with Crippen LogP contribution in [0.25, 0.3) is 0 Å². The maximum Gasteiger partial charge on any atom is 0.201 e. The molecule has 3 aromatic rings. The first kappa shape index (κ1) is 10.5. The van der Waals surface area contributed by atoms with Crippen molar-refractivity contribution in [2.45, 2.75) is 0 Å². The Kier molecular flexibility index (Phi) is 2.75. The molecule has 2 aromatic carbocycles. The lowest BCUT2D eigenvalue weighted by Gasteiger charge is -2.21. The Labute approximate surface area is 104 Å². The quantitative estimate of drug-likeness (QED) is 0.698. The van der Waals surface area contributed by atoms with Gasteiger partial charge in [0.25, 0.3) is 0 Å². The van der Waals surface area contributed by atoms with Crippen molar-refractivity contribution >= 4 is 17.2 Å². The van der Waals surface area contributed by atoms with Crippen molar-refractivity contribution in [1.82, 2.24) is 10.4 Å². The van der Waals surface area contributed by atoms with Crippen molar-refractivity contribution in [2.75, 3.05) is 4.90 Å². The largest absolute Gasteiger partial charge is 0.343 e. The number of rotatable bonds is 3. The molecule has 1 heterocycles. The van der Waals surface area contributed by atoms with Crippen LogP contribution in [-0.4, -0.2) is 10.4 Å². The van der Waals surface area contributed by atoms with E-state index in [0.29, 0.717) is 5.82 Å². The highest BCUT2D eigenvalue weighted by molar-refractivity contribution is 5.73. The second-order valence-electron chi connectivity index (χ2n) is 3.77. The smallest absolute Gasteiger partial charge is 0.201 e. The topological polar surface area (TPSA) is 42.2 Å². The number of benzene rings is 2. The second-order valence-corrected chi connectivity index (χ2v) is 3.77. The molecule has 0 saturated carbocycles. The van der Waals surface area contributed by atoms with E-state index in [9.17, 15) is 0 Å². The molecule has 0 spiro atoms. The molecular weight excluding hydrogens is 226 g/mol. The van der Waals surface area contributed by atoms with Gasteiger partial charge in [-0.05, 0) is 24.3 Å². The molecule has 0 unspecified atom stereocenters. The molecule has 88 valence electrons. The van der Waals surface area contributed by atoms with E-state index in [0.717, 1.165) is 11.4 Å². The number of hydrogen-bond donors (Lipinski definition) is 0. The van der Waals surface area contributed by atoms with E-state index in [-0.39, 0.29) is 0 Å². The molecule has 0 N–H and O–H groups in total. The van der Waals surface area contributed by atoms with E-state index in [1.807, 2.05) is 65.6 Å². The zero-order chi connectivity index (χ0) is 12.2. The molecule has 0 amide bonds. The van der Waals surface area contributed by atoms with Crippen LogP contribution in [0.4, 0.5) is 17.2 Å². The summed E-state index contributed by atoms with van der Waals surface area (Å²) < 4.78 is 4.84. The van der Waals surface area contributed by atoms with Crippen molar-refractivity contribution in [3.8, 4) is 0 Å². The minimum Gasteiger partial charge on any atom is -0.343 e. The summed E-state index contributed by atoms with van der Waals surface area (Å²) in [6, 6.07) is 20.0. The number of anilines is 3. The molecule has 4 heteroatoms. The van der Waals surface area contributed by atoms with E-state index in [4.69, 9.17) is 4.52 Å². The van der Waals surface area contributed by atoms with E-state index in [1.165, 1.54) is 6.26 Å². The fraction of sp³-hybridized carbons (Fsp3) is 0. The summed E-state index contributed by atoms with van der Waals surface area (Å²) in [6.07, 6.45) is 1.53. The molecule has 3 rings (SSSR count). The summed E-state index contributed by atoms with van der Waals surface area (Å²) in [5, 5.41) is 7.51. The molecule has 4 nitrogen and oxygen atoms in total. The zero-order valence-electron chi connectivity index (χ0n) is 9.60. The third kappa shape index (κ3) is 1.96. The van der Waals surface area contributed by atoms with Crippen LogP contribution < -0.4 is 4.90 Å². The zero-order valence-corrected chi connectivity index (χ0v) is 9.60. The van der Waals surface area contributed by atoms with Crippen molar-refractivity contribution in [1.29, 1.82) is 0 Å². The molecule has 1 aromatic heterocycles. The first-order chi connectivity index (χ1) is 8.95. The lowest BCUT2D eigenvalue weighted by atomic mass is 10.2. The fourth-order valence-corrected chi connectivity index (χ4v) is 1.82. The molecule has 0 aliphatic heterocycles. The Balaban J connectivity index is 2.11. The lowest BCUT2D eigenvalue weighted by Crippen LogP contribution is -2.09. The van der Waals surface area contributed by atoms with Crippen molar-refractivity contribution in [3.63, 3.8) is 0 Å². The van der Waals surface area contributed by atoms with Crippen molar-refractivity contribution in [3.05, 3.63) is 66.9 Å². The third-order valence-corrected chi connectivity index (χ3v) is 2.61. The summed E-state index contributed by atoms with van der Waals surface area (Å²) in [6.45, 7) is 0. The number of nitrogens with zero attached hydrogens (tertiary/aromatic N) is 3. The molecule has 0 fully saturated rings. The van der Waals surface area contributed by atoms with Gasteiger partial charge in [-0.15, -0.1) is 0 Å². The summed E-state index contributed by atoms with van der Waals surface area (Å²) in [7, 11) is 0. The molecule has 0 atom stereocenters. The van der Waals surface area contributed by atoms with Gasteiger partial charge in [-0.25, -0.2) is 0 Å². The van der Waals surface area contributed by atoms with Gasteiger partial charge >= 0.3 is 0 Å². The first-order valence-corrected chi connectivity index (χ1v) is 5.62.